The predicted molar refractivity (Wildman–Crippen MR) is 147 cm³/mol. The van der Waals surface area contributed by atoms with Crippen LogP contribution in [0.4, 0.5) is 0 Å². The van der Waals surface area contributed by atoms with Crippen LogP contribution in [0, 0.1) is 16.7 Å². The zero-order valence-electron chi connectivity index (χ0n) is 24.9. The minimum atomic E-state index is -2.00. The summed E-state index contributed by atoms with van der Waals surface area (Å²) in [7, 11) is 0. The summed E-state index contributed by atoms with van der Waals surface area (Å²) in [4.78, 5) is 38.7. The summed E-state index contributed by atoms with van der Waals surface area (Å²) < 4.78 is 23.6. The van der Waals surface area contributed by atoms with E-state index in [0.717, 1.165) is 6.92 Å². The molecule has 6 unspecified atom stereocenters. The van der Waals surface area contributed by atoms with E-state index in [0.29, 0.717) is 0 Å². The number of hydrogen-bond acceptors (Lipinski definition) is 12. The molecule has 0 bridgehead atoms. The normalized spacial score (nSPS) is 40.3. The van der Waals surface area contributed by atoms with Gasteiger partial charge in [-0.05, 0) is 50.5 Å². The topological polar surface area (TPSA) is 189 Å². The molecule has 3 fully saturated rings. The highest BCUT2D eigenvalue weighted by atomic mass is 16.6. The van der Waals surface area contributed by atoms with Crippen LogP contribution in [0.25, 0.3) is 0 Å². The molecule has 12 heteroatoms. The number of benzene rings is 1. The van der Waals surface area contributed by atoms with Crippen LogP contribution in [0.2, 0.25) is 0 Å². The molecule has 1 aromatic rings. The van der Waals surface area contributed by atoms with Gasteiger partial charge in [0.1, 0.15) is 24.9 Å². The second-order valence-electron chi connectivity index (χ2n) is 12.9. The number of carbonyl (C=O) groups excluding carboxylic acids is 3. The first-order valence-corrected chi connectivity index (χ1v) is 14.4. The monoisotopic (exact) mass is 604 g/mol. The molecule has 4 aliphatic rings. The first kappa shape index (κ1) is 31.6. The van der Waals surface area contributed by atoms with E-state index in [1.807, 2.05) is 0 Å². The minimum Gasteiger partial charge on any atom is -0.465 e. The Balaban J connectivity index is 1.88. The predicted octanol–water partition coefficient (Wildman–Crippen LogP) is 0.417. The number of aliphatic hydroxyl groups is 5. The van der Waals surface area contributed by atoms with Gasteiger partial charge in [-0.25, -0.2) is 4.79 Å². The average molecular weight is 605 g/mol. The van der Waals surface area contributed by atoms with Crippen LogP contribution in [0.5, 0.6) is 0 Å². The summed E-state index contributed by atoms with van der Waals surface area (Å²) in [5.41, 5.74) is -6.86. The molecule has 1 heterocycles. The van der Waals surface area contributed by atoms with Gasteiger partial charge in [0, 0.05) is 20.3 Å². The third-order valence-corrected chi connectivity index (χ3v) is 10.3. The lowest BCUT2D eigenvalue weighted by molar-refractivity contribution is -0.358. The van der Waals surface area contributed by atoms with Crippen molar-refractivity contribution in [2.45, 2.75) is 95.3 Å². The van der Waals surface area contributed by atoms with Gasteiger partial charge in [0.15, 0.2) is 5.60 Å². The maximum Gasteiger partial charge on any atom is 0.338 e. The number of fused-ring (bicyclic) bond motifs is 4. The van der Waals surface area contributed by atoms with Gasteiger partial charge in [0.2, 0.25) is 0 Å². The van der Waals surface area contributed by atoms with Gasteiger partial charge >= 0.3 is 17.9 Å². The molecule has 1 aromatic carbocycles. The van der Waals surface area contributed by atoms with E-state index in [2.05, 4.69) is 0 Å². The summed E-state index contributed by atoms with van der Waals surface area (Å²) in [6, 6.07) is 8.00. The number of aliphatic hydroxyl groups excluding tert-OH is 4. The van der Waals surface area contributed by atoms with E-state index in [9.17, 15) is 39.9 Å². The molecule has 0 spiro atoms. The first-order valence-electron chi connectivity index (χ1n) is 14.4. The highest BCUT2D eigenvalue weighted by Gasteiger charge is 2.80. The van der Waals surface area contributed by atoms with Crippen LogP contribution in [-0.4, -0.2) is 104 Å². The first-order chi connectivity index (χ1) is 20.0. The molecule has 10 atom stereocenters. The molecule has 5 rings (SSSR count). The molecular formula is C31H40O12. The van der Waals surface area contributed by atoms with Crippen LogP contribution in [-0.2, 0) is 28.5 Å². The lowest BCUT2D eigenvalue weighted by atomic mass is 9.49. The third-order valence-electron chi connectivity index (χ3n) is 10.3. The lowest BCUT2D eigenvalue weighted by Crippen LogP contribution is -2.80. The molecule has 3 aliphatic carbocycles. The van der Waals surface area contributed by atoms with Crippen LogP contribution >= 0.6 is 0 Å². The van der Waals surface area contributed by atoms with E-state index in [-0.39, 0.29) is 36.2 Å². The Bertz CT molecular complexity index is 1320. The fourth-order valence-corrected chi connectivity index (χ4v) is 8.31. The van der Waals surface area contributed by atoms with Crippen molar-refractivity contribution in [2.24, 2.45) is 16.7 Å². The summed E-state index contributed by atoms with van der Waals surface area (Å²) in [5, 5.41) is 59.2. The zero-order chi connectivity index (χ0) is 31.7. The van der Waals surface area contributed by atoms with Gasteiger partial charge in [-0.1, -0.05) is 18.2 Å². The molecule has 236 valence electrons. The second kappa shape index (κ2) is 10.6. The van der Waals surface area contributed by atoms with Crippen molar-refractivity contribution in [3.63, 3.8) is 0 Å². The molecule has 43 heavy (non-hydrogen) atoms. The van der Waals surface area contributed by atoms with Crippen molar-refractivity contribution in [1.82, 2.24) is 0 Å². The Morgan fingerprint density at radius 1 is 1.05 bits per heavy atom. The average Bonchev–Trinajstić information content (AvgIpc) is 3.17. The molecule has 0 amide bonds. The van der Waals surface area contributed by atoms with Crippen molar-refractivity contribution in [1.29, 1.82) is 0 Å². The van der Waals surface area contributed by atoms with Gasteiger partial charge in [-0.2, -0.15) is 0 Å². The van der Waals surface area contributed by atoms with E-state index < -0.39 is 89.1 Å². The fraction of sp³-hybridized carbons (Fsp3) is 0.645. The SMILES string of the molecule is CC(=O)OC[C@@]12C(O)CC3OC[C@@]3(OC(C)=O)[C@H]1C(OC(=O)c1ccccc1)[C@@]1(C(C)(C)O)CC(O)C(C)=C1C(O)C2O. The van der Waals surface area contributed by atoms with Crippen LogP contribution < -0.4 is 0 Å². The number of carbonyl (C=O) groups is 3. The third kappa shape index (κ3) is 4.45. The van der Waals surface area contributed by atoms with Crippen LogP contribution in [0.15, 0.2) is 41.5 Å². The van der Waals surface area contributed by atoms with Gasteiger partial charge in [0.25, 0.3) is 0 Å². The zero-order valence-corrected chi connectivity index (χ0v) is 24.9. The highest BCUT2D eigenvalue weighted by molar-refractivity contribution is 5.89. The minimum absolute atomic E-state index is 0.0319. The standard InChI is InChI=1S/C31H40O12/c1-15-19(34)12-30(28(4,5)39)22(15)23(36)25(37)29(13-40-16(2)32)20(35)11-21-31(14-41-21,43-17(3)33)24(29)26(30)42-27(38)18-9-7-6-8-10-18/h6-10,19-21,23-26,34-37,39H,11-14H2,1-5H3/t19?,20?,21?,23?,24-,25?,26?,29+,30+,31-/m0/s1. The highest BCUT2D eigenvalue weighted by Crippen LogP contribution is 2.67. The van der Waals surface area contributed by atoms with E-state index >= 15 is 0 Å². The van der Waals surface area contributed by atoms with Crippen molar-refractivity contribution < 1.29 is 58.9 Å². The molecule has 1 aliphatic heterocycles. The Kier molecular flexibility index (Phi) is 7.81. The smallest absolute Gasteiger partial charge is 0.338 e. The quantitative estimate of drug-likeness (QED) is 0.171. The number of hydrogen-bond donors (Lipinski definition) is 5. The molecule has 1 saturated heterocycles. The summed E-state index contributed by atoms with van der Waals surface area (Å²) in [6.07, 6.45) is -9.39. The second-order valence-corrected chi connectivity index (χ2v) is 12.9. The maximum absolute atomic E-state index is 13.9. The van der Waals surface area contributed by atoms with Gasteiger partial charge in [-0.3, -0.25) is 9.59 Å². The molecule has 0 aromatic heterocycles. The van der Waals surface area contributed by atoms with Gasteiger partial charge in [-0.15, -0.1) is 0 Å². The van der Waals surface area contributed by atoms with Gasteiger partial charge < -0.3 is 44.5 Å². The molecule has 12 nitrogen and oxygen atoms in total. The lowest BCUT2D eigenvalue weighted by Gasteiger charge is -2.65. The van der Waals surface area contributed by atoms with Crippen molar-refractivity contribution in [3.05, 3.63) is 47.0 Å². The Hall–Kier alpha value is -2.87. The van der Waals surface area contributed by atoms with Crippen molar-refractivity contribution in [2.75, 3.05) is 13.2 Å². The summed E-state index contributed by atoms with van der Waals surface area (Å²) in [5.74, 6) is -3.73. The Morgan fingerprint density at radius 3 is 2.23 bits per heavy atom. The van der Waals surface area contributed by atoms with Crippen molar-refractivity contribution >= 4 is 17.9 Å². The molecule has 2 saturated carbocycles. The fourth-order valence-electron chi connectivity index (χ4n) is 8.31. The number of esters is 3. The Labute approximate surface area is 249 Å². The van der Waals surface area contributed by atoms with Crippen LogP contribution in [0.3, 0.4) is 0 Å². The number of ether oxygens (including phenoxy) is 4. The van der Waals surface area contributed by atoms with Crippen molar-refractivity contribution in [3.8, 4) is 0 Å². The van der Waals surface area contributed by atoms with E-state index in [1.165, 1.54) is 32.9 Å². The summed E-state index contributed by atoms with van der Waals surface area (Å²) >= 11 is 0. The van der Waals surface area contributed by atoms with Crippen LogP contribution in [0.1, 0.15) is 57.8 Å². The van der Waals surface area contributed by atoms with E-state index in [4.69, 9.17) is 18.9 Å². The largest absolute Gasteiger partial charge is 0.465 e. The van der Waals surface area contributed by atoms with Gasteiger partial charge in [0.05, 0.1) is 52.8 Å². The molecular weight excluding hydrogens is 564 g/mol. The summed E-state index contributed by atoms with van der Waals surface area (Å²) in [6.45, 7) is 5.84. The molecule has 5 N–H and O–H groups in total. The number of rotatable bonds is 6. The van der Waals surface area contributed by atoms with E-state index in [1.54, 1.807) is 25.1 Å². The maximum atomic E-state index is 13.9. The molecule has 0 radical (unpaired) electrons. The Morgan fingerprint density at radius 2 is 1.70 bits per heavy atom.